The highest BCUT2D eigenvalue weighted by atomic mass is 16.4. The lowest BCUT2D eigenvalue weighted by Crippen LogP contribution is -2.28. The van der Waals surface area contributed by atoms with Gasteiger partial charge in [0.15, 0.2) is 5.78 Å². The minimum absolute atomic E-state index is 0.0193. The van der Waals surface area contributed by atoms with E-state index in [0.717, 1.165) is 47.3 Å². The highest BCUT2D eigenvalue weighted by molar-refractivity contribution is 5.99. The molecule has 2 amide bonds. The van der Waals surface area contributed by atoms with E-state index >= 15 is 0 Å². The van der Waals surface area contributed by atoms with Gasteiger partial charge < -0.3 is 15.7 Å². The Morgan fingerprint density at radius 2 is 1.67 bits per heavy atom. The van der Waals surface area contributed by atoms with Crippen LogP contribution in [0, 0.1) is 12.8 Å². The molecule has 0 radical (unpaired) electrons. The molecule has 42 heavy (non-hydrogen) atoms. The molecule has 4 rings (SSSR count). The maximum Gasteiger partial charge on any atom is 0.323 e. The molecule has 0 bridgehead atoms. The first kappa shape index (κ1) is 30.5. The Balaban J connectivity index is 1.29. The number of aliphatic carboxylic acids is 1. The summed E-state index contributed by atoms with van der Waals surface area (Å²) in [5.74, 6) is -1.69. The number of hydrogen-bond acceptors (Lipinski definition) is 3. The molecular formula is C36H40N2O4. The molecule has 1 aliphatic rings. The molecule has 0 aliphatic heterocycles. The van der Waals surface area contributed by atoms with Crippen LogP contribution in [0.4, 0.5) is 10.5 Å². The van der Waals surface area contributed by atoms with Gasteiger partial charge in [-0.25, -0.2) is 4.79 Å². The maximum absolute atomic E-state index is 13.1. The summed E-state index contributed by atoms with van der Waals surface area (Å²) >= 11 is 0. The van der Waals surface area contributed by atoms with Crippen molar-refractivity contribution in [2.75, 3.05) is 5.32 Å². The van der Waals surface area contributed by atoms with Crippen LogP contribution in [0.25, 0.3) is 0 Å². The molecule has 3 aromatic carbocycles. The minimum atomic E-state index is -0.939. The number of rotatable bonds is 13. The molecule has 0 saturated carbocycles. The lowest BCUT2D eigenvalue weighted by atomic mass is 9.87. The fourth-order valence-corrected chi connectivity index (χ4v) is 5.25. The lowest BCUT2D eigenvalue weighted by Gasteiger charge is -2.19. The fraction of sp³-hybridized carbons (Fsp3) is 0.306. The second-order valence-electron chi connectivity index (χ2n) is 11.0. The number of nitrogens with one attached hydrogen (secondary N) is 2. The van der Waals surface area contributed by atoms with Gasteiger partial charge in [-0.15, -0.1) is 0 Å². The summed E-state index contributed by atoms with van der Waals surface area (Å²) in [5.41, 5.74) is 6.30. The Hall–Kier alpha value is -4.45. The number of urea groups is 1. The molecule has 0 spiro atoms. The number of carbonyl (C=O) groups is 3. The van der Waals surface area contributed by atoms with E-state index in [1.54, 1.807) is 0 Å². The van der Waals surface area contributed by atoms with Gasteiger partial charge >= 0.3 is 12.0 Å². The van der Waals surface area contributed by atoms with Crippen LogP contribution in [-0.4, -0.2) is 22.9 Å². The Kier molecular flexibility index (Phi) is 10.9. The second-order valence-corrected chi connectivity index (χ2v) is 11.0. The van der Waals surface area contributed by atoms with E-state index in [1.165, 1.54) is 5.56 Å². The zero-order valence-electron chi connectivity index (χ0n) is 24.4. The van der Waals surface area contributed by atoms with Crippen molar-refractivity contribution in [3.05, 3.63) is 125 Å². The van der Waals surface area contributed by atoms with E-state index in [4.69, 9.17) is 0 Å². The average Bonchev–Trinajstić information content (AvgIpc) is 2.99. The SMILES string of the molecule is CCCCc1ccc(NC(=O)NC2=CCC(c3ccc(C(=O)CC(CCc4ccccc4)C(=O)O)c(C)c3)C=C2)cc1. The van der Waals surface area contributed by atoms with E-state index < -0.39 is 11.9 Å². The number of amides is 2. The summed E-state index contributed by atoms with van der Waals surface area (Å²) in [4.78, 5) is 37.4. The normalized spacial score (nSPS) is 15.0. The van der Waals surface area contributed by atoms with Crippen molar-refractivity contribution in [1.29, 1.82) is 0 Å². The number of anilines is 1. The number of unbranched alkanes of at least 4 members (excludes halogenated alkanes) is 1. The smallest absolute Gasteiger partial charge is 0.323 e. The number of benzene rings is 3. The standard InChI is InChI=1S/C36H40N2O4/c1-3-4-8-27-12-18-31(19-13-27)37-36(42)38-32-20-15-28(16-21-32)29-17-22-33(25(2)23-29)34(39)24-30(35(40)41)14-11-26-9-6-5-7-10-26/h5-7,9-10,12-13,15,17-23,28,30H,3-4,8,11,14,16,24H2,1-2H3,(H,40,41)(H2,37,38,42). The molecule has 3 aromatic rings. The van der Waals surface area contributed by atoms with Crippen molar-refractivity contribution >= 4 is 23.5 Å². The van der Waals surface area contributed by atoms with Gasteiger partial charge in [-0.2, -0.15) is 0 Å². The predicted molar refractivity (Wildman–Crippen MR) is 168 cm³/mol. The van der Waals surface area contributed by atoms with Gasteiger partial charge in [0.25, 0.3) is 0 Å². The van der Waals surface area contributed by atoms with Gasteiger partial charge in [0.05, 0.1) is 5.92 Å². The number of ketones is 1. The van der Waals surface area contributed by atoms with E-state index in [-0.39, 0.29) is 24.2 Å². The summed E-state index contributed by atoms with van der Waals surface area (Å²) in [5, 5.41) is 15.5. The summed E-state index contributed by atoms with van der Waals surface area (Å²) < 4.78 is 0. The molecule has 6 heteroatoms. The first-order valence-electron chi connectivity index (χ1n) is 14.8. The van der Waals surface area contributed by atoms with Crippen LogP contribution in [0.15, 0.2) is 96.7 Å². The largest absolute Gasteiger partial charge is 0.481 e. The molecule has 218 valence electrons. The Morgan fingerprint density at radius 1 is 0.929 bits per heavy atom. The second kappa shape index (κ2) is 15.0. The van der Waals surface area contributed by atoms with Crippen molar-refractivity contribution in [3.8, 4) is 0 Å². The van der Waals surface area contributed by atoms with Crippen molar-refractivity contribution in [1.82, 2.24) is 5.32 Å². The van der Waals surface area contributed by atoms with Gasteiger partial charge in [0.1, 0.15) is 0 Å². The van der Waals surface area contributed by atoms with E-state index in [9.17, 15) is 19.5 Å². The number of carboxylic acids is 1. The highest BCUT2D eigenvalue weighted by Gasteiger charge is 2.23. The maximum atomic E-state index is 13.1. The molecule has 2 atom stereocenters. The first-order chi connectivity index (χ1) is 20.3. The molecule has 1 aliphatic carbocycles. The number of Topliss-reactive ketones (excluding diaryl/α,β-unsaturated/α-hetero) is 1. The van der Waals surface area contributed by atoms with Gasteiger partial charge in [-0.1, -0.05) is 86.2 Å². The third kappa shape index (κ3) is 8.77. The molecule has 6 nitrogen and oxygen atoms in total. The molecule has 0 aromatic heterocycles. The summed E-state index contributed by atoms with van der Waals surface area (Å²) in [6.07, 6.45) is 11.0. The van der Waals surface area contributed by atoms with Gasteiger partial charge in [-0.3, -0.25) is 9.59 Å². The molecule has 0 saturated heterocycles. The van der Waals surface area contributed by atoms with Crippen LogP contribution < -0.4 is 10.6 Å². The zero-order valence-corrected chi connectivity index (χ0v) is 24.4. The summed E-state index contributed by atoms with van der Waals surface area (Å²) in [7, 11) is 0. The summed E-state index contributed by atoms with van der Waals surface area (Å²) in [6, 6.07) is 23.2. The topological polar surface area (TPSA) is 95.5 Å². The molecule has 0 fully saturated rings. The quantitative estimate of drug-likeness (QED) is 0.183. The molecule has 3 N–H and O–H groups in total. The third-order valence-electron chi connectivity index (χ3n) is 7.77. The average molecular weight is 565 g/mol. The van der Waals surface area contributed by atoms with Crippen LogP contribution in [0.1, 0.15) is 77.6 Å². The van der Waals surface area contributed by atoms with Crippen molar-refractivity contribution < 1.29 is 19.5 Å². The number of aryl methyl sites for hydroxylation is 3. The molecule has 2 unspecified atom stereocenters. The van der Waals surface area contributed by atoms with Crippen LogP contribution in [0.3, 0.4) is 0 Å². The zero-order chi connectivity index (χ0) is 29.9. The molecule has 0 heterocycles. The third-order valence-corrected chi connectivity index (χ3v) is 7.77. The first-order valence-corrected chi connectivity index (χ1v) is 14.8. The van der Waals surface area contributed by atoms with Crippen LogP contribution in [0.5, 0.6) is 0 Å². The van der Waals surface area contributed by atoms with E-state index in [2.05, 4.69) is 23.6 Å². The van der Waals surface area contributed by atoms with Gasteiger partial charge in [0, 0.05) is 29.3 Å². The highest BCUT2D eigenvalue weighted by Crippen LogP contribution is 2.29. The van der Waals surface area contributed by atoms with E-state index in [1.807, 2.05) is 91.9 Å². The van der Waals surface area contributed by atoms with E-state index in [0.29, 0.717) is 24.8 Å². The molecular weight excluding hydrogens is 524 g/mol. The minimum Gasteiger partial charge on any atom is -0.481 e. The van der Waals surface area contributed by atoms with Crippen molar-refractivity contribution in [2.24, 2.45) is 5.92 Å². The van der Waals surface area contributed by atoms with Crippen molar-refractivity contribution in [2.45, 2.75) is 64.7 Å². The Morgan fingerprint density at radius 3 is 2.31 bits per heavy atom. The van der Waals surface area contributed by atoms with Gasteiger partial charge in [0.2, 0.25) is 0 Å². The Labute approximate surface area is 248 Å². The number of allylic oxidation sites excluding steroid dienone is 3. The van der Waals surface area contributed by atoms with Gasteiger partial charge in [-0.05, 0) is 79.5 Å². The predicted octanol–water partition coefficient (Wildman–Crippen LogP) is 7.99. The summed E-state index contributed by atoms with van der Waals surface area (Å²) in [6.45, 7) is 4.07. The monoisotopic (exact) mass is 564 g/mol. The number of carboxylic acid groups (broad SMARTS) is 1. The fourth-order valence-electron chi connectivity index (χ4n) is 5.25. The number of carbonyl (C=O) groups excluding carboxylic acids is 2. The number of hydrogen-bond donors (Lipinski definition) is 3. The Bertz CT molecular complexity index is 1440. The van der Waals surface area contributed by atoms with Crippen LogP contribution >= 0.6 is 0 Å². The van der Waals surface area contributed by atoms with Crippen LogP contribution in [-0.2, 0) is 17.6 Å². The van der Waals surface area contributed by atoms with Crippen LogP contribution in [0.2, 0.25) is 0 Å². The lowest BCUT2D eigenvalue weighted by molar-refractivity contribution is -0.141. The van der Waals surface area contributed by atoms with Crippen molar-refractivity contribution in [3.63, 3.8) is 0 Å².